The highest BCUT2D eigenvalue weighted by atomic mass is 35.5. The summed E-state index contributed by atoms with van der Waals surface area (Å²) in [6, 6.07) is 6.02. The van der Waals surface area contributed by atoms with Gasteiger partial charge in [0.25, 0.3) is 5.56 Å². The SMILES string of the molecule is Cc1nc2scc(C)n2c(=O)c1CCN1CCc2[nH]c3ccc(Cl)cc3c2C1. The summed E-state index contributed by atoms with van der Waals surface area (Å²) < 4.78 is 1.74. The number of benzene rings is 1. The van der Waals surface area contributed by atoms with Gasteiger partial charge in [-0.2, -0.15) is 0 Å². The van der Waals surface area contributed by atoms with Crippen molar-refractivity contribution in [2.45, 2.75) is 33.2 Å². The molecule has 5 rings (SSSR count). The lowest BCUT2D eigenvalue weighted by Crippen LogP contribution is -2.33. The minimum absolute atomic E-state index is 0.0813. The summed E-state index contributed by atoms with van der Waals surface area (Å²) in [6.45, 7) is 6.62. The zero-order chi connectivity index (χ0) is 19.4. The molecule has 0 aliphatic carbocycles. The minimum Gasteiger partial charge on any atom is -0.358 e. The standard InChI is InChI=1S/C21H21ClN4OS/c1-12-11-28-21-23-13(2)15(20(27)26(12)21)5-7-25-8-6-19-17(10-25)16-9-14(22)3-4-18(16)24-19/h3-4,9,11,24H,5-8,10H2,1-2H3. The third kappa shape index (κ3) is 2.87. The van der Waals surface area contributed by atoms with Crippen molar-refractivity contribution >= 4 is 38.8 Å². The van der Waals surface area contributed by atoms with Gasteiger partial charge in [0.2, 0.25) is 0 Å². The molecule has 5 nitrogen and oxygen atoms in total. The molecule has 0 bridgehead atoms. The normalized spacial score (nSPS) is 14.8. The van der Waals surface area contributed by atoms with Gasteiger partial charge in [0, 0.05) is 70.0 Å². The van der Waals surface area contributed by atoms with E-state index in [4.69, 9.17) is 11.6 Å². The van der Waals surface area contributed by atoms with Gasteiger partial charge in [-0.05, 0) is 44.0 Å². The molecule has 3 aromatic heterocycles. The van der Waals surface area contributed by atoms with E-state index < -0.39 is 0 Å². The van der Waals surface area contributed by atoms with Crippen LogP contribution in [0, 0.1) is 13.8 Å². The van der Waals surface area contributed by atoms with E-state index in [1.54, 1.807) is 4.40 Å². The molecular formula is C21H21ClN4OS. The van der Waals surface area contributed by atoms with Gasteiger partial charge in [-0.3, -0.25) is 14.1 Å². The van der Waals surface area contributed by atoms with Crippen LogP contribution in [0.4, 0.5) is 0 Å². The Morgan fingerprint density at radius 1 is 1.32 bits per heavy atom. The zero-order valence-corrected chi connectivity index (χ0v) is 17.5. The Balaban J connectivity index is 1.41. The van der Waals surface area contributed by atoms with Gasteiger partial charge in [-0.1, -0.05) is 11.6 Å². The maximum absolute atomic E-state index is 13.0. The second kappa shape index (κ2) is 6.72. The summed E-state index contributed by atoms with van der Waals surface area (Å²) in [7, 11) is 0. The van der Waals surface area contributed by atoms with Crippen LogP contribution in [0.15, 0.2) is 28.4 Å². The summed E-state index contributed by atoms with van der Waals surface area (Å²) in [5, 5.41) is 3.96. The van der Waals surface area contributed by atoms with Gasteiger partial charge < -0.3 is 4.98 Å². The summed E-state index contributed by atoms with van der Waals surface area (Å²) >= 11 is 7.73. The first-order chi connectivity index (χ1) is 13.5. The molecule has 28 heavy (non-hydrogen) atoms. The fourth-order valence-corrected chi connectivity index (χ4v) is 5.28. The van der Waals surface area contributed by atoms with Crippen LogP contribution in [0.5, 0.6) is 0 Å². The first-order valence-electron chi connectivity index (χ1n) is 9.49. The molecule has 0 atom stereocenters. The number of nitrogens with zero attached hydrogens (tertiary/aromatic N) is 3. The van der Waals surface area contributed by atoms with E-state index in [9.17, 15) is 4.79 Å². The molecule has 0 fully saturated rings. The van der Waals surface area contributed by atoms with Crippen molar-refractivity contribution in [2.24, 2.45) is 0 Å². The largest absolute Gasteiger partial charge is 0.358 e. The topological polar surface area (TPSA) is 53.4 Å². The molecule has 7 heteroatoms. The molecule has 1 aliphatic rings. The Hall–Kier alpha value is -2.15. The van der Waals surface area contributed by atoms with E-state index in [1.165, 1.54) is 28.0 Å². The molecule has 1 N–H and O–H groups in total. The monoisotopic (exact) mass is 412 g/mol. The van der Waals surface area contributed by atoms with Gasteiger partial charge >= 0.3 is 0 Å². The van der Waals surface area contributed by atoms with Gasteiger partial charge in [-0.25, -0.2) is 4.98 Å². The van der Waals surface area contributed by atoms with E-state index in [2.05, 4.69) is 20.9 Å². The van der Waals surface area contributed by atoms with E-state index in [0.717, 1.165) is 58.5 Å². The molecule has 1 aromatic carbocycles. The van der Waals surface area contributed by atoms with Crippen molar-refractivity contribution in [3.8, 4) is 0 Å². The van der Waals surface area contributed by atoms with Gasteiger partial charge in [0.15, 0.2) is 4.96 Å². The quantitative estimate of drug-likeness (QED) is 0.551. The van der Waals surface area contributed by atoms with Crippen molar-refractivity contribution in [3.63, 3.8) is 0 Å². The number of hydrogen-bond donors (Lipinski definition) is 1. The van der Waals surface area contributed by atoms with Crippen LogP contribution in [0.25, 0.3) is 15.9 Å². The maximum Gasteiger partial charge on any atom is 0.262 e. The van der Waals surface area contributed by atoms with E-state index >= 15 is 0 Å². The van der Waals surface area contributed by atoms with Crippen LogP contribution < -0.4 is 5.56 Å². The Kier molecular flexibility index (Phi) is 4.30. The van der Waals surface area contributed by atoms with Crippen LogP contribution in [0.3, 0.4) is 0 Å². The van der Waals surface area contributed by atoms with Crippen molar-refractivity contribution < 1.29 is 0 Å². The molecule has 0 spiro atoms. The van der Waals surface area contributed by atoms with Crippen LogP contribution in [-0.2, 0) is 19.4 Å². The Morgan fingerprint density at radius 2 is 2.18 bits per heavy atom. The summed E-state index contributed by atoms with van der Waals surface area (Å²) in [5.41, 5.74) is 6.50. The Labute approximate surface area is 171 Å². The molecule has 0 unspecified atom stereocenters. The lowest BCUT2D eigenvalue weighted by molar-refractivity contribution is 0.257. The molecule has 1 aliphatic heterocycles. The molecule has 0 saturated heterocycles. The van der Waals surface area contributed by atoms with Crippen molar-refractivity contribution in [1.29, 1.82) is 0 Å². The smallest absolute Gasteiger partial charge is 0.262 e. The lowest BCUT2D eigenvalue weighted by Gasteiger charge is -2.27. The van der Waals surface area contributed by atoms with Crippen LogP contribution in [0.1, 0.15) is 28.2 Å². The Bertz CT molecular complexity index is 1270. The van der Waals surface area contributed by atoms with Gasteiger partial charge in [0.1, 0.15) is 0 Å². The number of thiazole rings is 1. The number of aromatic nitrogens is 3. The molecule has 0 radical (unpaired) electrons. The number of nitrogens with one attached hydrogen (secondary N) is 1. The minimum atomic E-state index is 0.0813. The molecule has 4 heterocycles. The maximum atomic E-state index is 13.0. The fourth-order valence-electron chi connectivity index (χ4n) is 4.21. The first kappa shape index (κ1) is 17.9. The predicted molar refractivity (Wildman–Crippen MR) is 115 cm³/mol. The molecule has 144 valence electrons. The summed E-state index contributed by atoms with van der Waals surface area (Å²) in [4.78, 5) is 24.3. The number of aryl methyl sites for hydroxylation is 2. The number of H-pyrrole nitrogens is 1. The predicted octanol–water partition coefficient (Wildman–Crippen LogP) is 4.11. The average molecular weight is 413 g/mol. The van der Waals surface area contributed by atoms with Gasteiger partial charge in [0.05, 0.1) is 0 Å². The number of halogens is 1. The van der Waals surface area contributed by atoms with Crippen LogP contribution >= 0.6 is 22.9 Å². The molecular weight excluding hydrogens is 392 g/mol. The van der Waals surface area contributed by atoms with Crippen molar-refractivity contribution in [1.82, 2.24) is 19.3 Å². The van der Waals surface area contributed by atoms with Gasteiger partial charge in [-0.15, -0.1) is 11.3 Å². The van der Waals surface area contributed by atoms with E-state index in [0.29, 0.717) is 6.42 Å². The number of fused-ring (bicyclic) bond motifs is 4. The second-order valence-corrected chi connectivity index (χ2v) is 8.80. The zero-order valence-electron chi connectivity index (χ0n) is 15.9. The average Bonchev–Trinajstić information content (AvgIpc) is 3.21. The highest BCUT2D eigenvalue weighted by Gasteiger charge is 2.21. The third-order valence-electron chi connectivity index (χ3n) is 5.73. The van der Waals surface area contributed by atoms with Crippen LogP contribution in [-0.4, -0.2) is 32.4 Å². The number of aromatic amines is 1. The van der Waals surface area contributed by atoms with Crippen molar-refractivity contribution in [3.05, 3.63) is 67.2 Å². The molecule has 4 aromatic rings. The van der Waals surface area contributed by atoms with E-state index in [1.807, 2.05) is 31.4 Å². The summed E-state index contributed by atoms with van der Waals surface area (Å²) in [6.07, 6.45) is 1.70. The fraction of sp³-hybridized carbons (Fsp3) is 0.333. The number of rotatable bonds is 3. The molecule has 0 amide bonds. The highest BCUT2D eigenvalue weighted by molar-refractivity contribution is 7.15. The summed E-state index contributed by atoms with van der Waals surface area (Å²) in [5.74, 6) is 0. The number of hydrogen-bond acceptors (Lipinski definition) is 4. The van der Waals surface area contributed by atoms with Crippen molar-refractivity contribution in [2.75, 3.05) is 13.1 Å². The molecule has 0 saturated carbocycles. The lowest BCUT2D eigenvalue weighted by atomic mass is 10.0. The van der Waals surface area contributed by atoms with E-state index in [-0.39, 0.29) is 5.56 Å². The highest BCUT2D eigenvalue weighted by Crippen LogP contribution is 2.29. The first-order valence-corrected chi connectivity index (χ1v) is 10.7. The Morgan fingerprint density at radius 3 is 3.04 bits per heavy atom. The third-order valence-corrected chi connectivity index (χ3v) is 6.91. The second-order valence-electron chi connectivity index (χ2n) is 7.52. The van der Waals surface area contributed by atoms with Crippen LogP contribution in [0.2, 0.25) is 5.02 Å².